The van der Waals surface area contributed by atoms with Gasteiger partial charge in [0, 0.05) is 0 Å². The Morgan fingerprint density at radius 3 is 1.18 bits per heavy atom. The van der Waals surface area contributed by atoms with Crippen LogP contribution in [0.3, 0.4) is 0 Å². The van der Waals surface area contributed by atoms with Crippen LogP contribution in [-0.4, -0.2) is 0 Å². The van der Waals surface area contributed by atoms with E-state index in [9.17, 15) is 0 Å². The van der Waals surface area contributed by atoms with E-state index < -0.39 is 7.92 Å². The molecule has 8 aromatic rings. The van der Waals surface area contributed by atoms with Crippen molar-refractivity contribution < 1.29 is 0 Å². The molecule has 0 unspecified atom stereocenters. The van der Waals surface area contributed by atoms with Crippen LogP contribution in [0.2, 0.25) is 0 Å². The number of hydrogen-bond acceptors (Lipinski definition) is 0. The van der Waals surface area contributed by atoms with Gasteiger partial charge in [-0.3, -0.25) is 0 Å². The van der Waals surface area contributed by atoms with Crippen LogP contribution in [-0.2, 0) is 0 Å². The van der Waals surface area contributed by atoms with E-state index in [1.807, 2.05) is 0 Å². The summed E-state index contributed by atoms with van der Waals surface area (Å²) >= 11 is 0. The maximum atomic E-state index is 2.41. The summed E-state index contributed by atoms with van der Waals surface area (Å²) in [6.07, 6.45) is 0. The average Bonchev–Trinajstić information content (AvgIpc) is 3.12. The molecule has 0 saturated heterocycles. The van der Waals surface area contributed by atoms with Crippen LogP contribution >= 0.6 is 7.92 Å². The number of benzene rings is 8. The van der Waals surface area contributed by atoms with Gasteiger partial charge in [0.1, 0.15) is 0 Å². The quantitative estimate of drug-likeness (QED) is 0.169. The lowest BCUT2D eigenvalue weighted by atomic mass is 9.89. The average molecular weight is 591 g/mol. The zero-order valence-electron chi connectivity index (χ0n) is 24.8. The first-order valence-electron chi connectivity index (χ1n) is 15.5. The summed E-state index contributed by atoms with van der Waals surface area (Å²) in [6.45, 7) is 0. The largest absolute Gasteiger partial charge is 0.0622 e. The molecule has 0 saturated carbocycles. The minimum atomic E-state index is -0.834. The molecule has 0 heterocycles. The topological polar surface area (TPSA) is 0 Å². The zero-order valence-corrected chi connectivity index (χ0v) is 25.7. The van der Waals surface area contributed by atoms with Crippen molar-refractivity contribution in [2.75, 3.05) is 0 Å². The Balaban J connectivity index is 1.48. The van der Waals surface area contributed by atoms with E-state index in [2.05, 4.69) is 188 Å². The zero-order chi connectivity index (χ0) is 30.0. The molecule has 0 atom stereocenters. The fraction of sp³-hybridized carbons (Fsp3) is 0. The highest BCUT2D eigenvalue weighted by atomic mass is 31.1. The van der Waals surface area contributed by atoms with E-state index in [4.69, 9.17) is 0 Å². The van der Waals surface area contributed by atoms with Gasteiger partial charge in [-0.05, 0) is 78.8 Å². The molecule has 0 aliphatic heterocycles. The predicted octanol–water partition coefficient (Wildman–Crippen LogP) is 10.8. The van der Waals surface area contributed by atoms with Gasteiger partial charge < -0.3 is 0 Å². The highest BCUT2D eigenvalue weighted by Crippen LogP contribution is 2.44. The number of hydrogen-bond donors (Lipinski definition) is 0. The van der Waals surface area contributed by atoms with Crippen molar-refractivity contribution in [3.05, 3.63) is 188 Å². The van der Waals surface area contributed by atoms with E-state index in [0.29, 0.717) is 0 Å². The second-order valence-electron chi connectivity index (χ2n) is 11.3. The van der Waals surface area contributed by atoms with Crippen molar-refractivity contribution in [1.29, 1.82) is 0 Å². The third kappa shape index (κ3) is 5.04. The predicted molar refractivity (Wildman–Crippen MR) is 196 cm³/mol. The lowest BCUT2D eigenvalue weighted by molar-refractivity contribution is 1.64. The van der Waals surface area contributed by atoms with Crippen LogP contribution in [0, 0.1) is 0 Å². The van der Waals surface area contributed by atoms with Gasteiger partial charge in [0.15, 0.2) is 0 Å². The fourth-order valence-corrected chi connectivity index (χ4v) is 9.15. The van der Waals surface area contributed by atoms with E-state index in [1.54, 1.807) is 0 Å². The molecule has 0 aliphatic rings. The van der Waals surface area contributed by atoms with Crippen molar-refractivity contribution in [3.8, 4) is 33.4 Å². The maximum Gasteiger partial charge on any atom is -0.00153 e. The second-order valence-corrected chi connectivity index (χ2v) is 13.5. The van der Waals surface area contributed by atoms with Crippen LogP contribution in [0.5, 0.6) is 0 Å². The summed E-state index contributed by atoms with van der Waals surface area (Å²) in [5, 5.41) is 9.17. The third-order valence-electron chi connectivity index (χ3n) is 8.67. The van der Waals surface area contributed by atoms with Crippen molar-refractivity contribution in [1.82, 2.24) is 0 Å². The molecule has 8 rings (SSSR count). The van der Waals surface area contributed by atoms with Crippen LogP contribution < -0.4 is 15.9 Å². The summed E-state index contributed by atoms with van der Waals surface area (Å²) in [7, 11) is -0.834. The monoisotopic (exact) mass is 590 g/mol. The first-order chi connectivity index (χ1) is 22.4. The first kappa shape index (κ1) is 27.3. The molecule has 45 heavy (non-hydrogen) atoms. The van der Waals surface area contributed by atoms with Gasteiger partial charge in [0.25, 0.3) is 0 Å². The molecule has 0 spiro atoms. The third-order valence-corrected chi connectivity index (χ3v) is 11.2. The molecule has 0 aliphatic carbocycles. The van der Waals surface area contributed by atoms with Crippen LogP contribution in [0.1, 0.15) is 0 Å². The minimum Gasteiger partial charge on any atom is -0.0622 e. The molecule has 1 heteroatoms. The Labute approximate surface area is 266 Å². The van der Waals surface area contributed by atoms with Gasteiger partial charge in [-0.2, -0.15) is 0 Å². The highest BCUT2D eigenvalue weighted by Gasteiger charge is 2.24. The van der Waals surface area contributed by atoms with Crippen molar-refractivity contribution in [2.45, 2.75) is 0 Å². The smallest absolute Gasteiger partial charge is 0.00153 e. The van der Waals surface area contributed by atoms with Gasteiger partial charge in [-0.15, -0.1) is 0 Å². The first-order valence-corrected chi connectivity index (χ1v) is 16.8. The standard InChI is InChI=1S/C44H31P/c1-5-16-32(17-6-1)36-24-13-27-39-38(36)26-15-29-41(39)44-42-28-14-25-37(33-18-7-2-8-19-33)40(42)30-31-43(44)45(34-20-9-3-10-21-34)35-22-11-4-12-23-35/h1-31H. The van der Waals surface area contributed by atoms with Gasteiger partial charge in [0.2, 0.25) is 0 Å². The SMILES string of the molecule is c1ccc(-c2cccc3c(-c4c(P(c5ccccc5)c5ccccc5)ccc5c(-c6ccccc6)cccc45)cccc23)cc1. The molecular weight excluding hydrogens is 559 g/mol. The van der Waals surface area contributed by atoms with Crippen molar-refractivity contribution >= 4 is 45.4 Å². The van der Waals surface area contributed by atoms with Gasteiger partial charge in [-0.25, -0.2) is 0 Å². The molecular formula is C44H31P. The second kappa shape index (κ2) is 12.0. The fourth-order valence-electron chi connectivity index (χ4n) is 6.66. The van der Waals surface area contributed by atoms with E-state index in [0.717, 1.165) is 0 Å². The number of fused-ring (bicyclic) bond motifs is 2. The Morgan fingerprint density at radius 2 is 0.667 bits per heavy atom. The summed E-state index contributed by atoms with van der Waals surface area (Å²) < 4.78 is 0. The van der Waals surface area contributed by atoms with Crippen LogP contribution in [0.15, 0.2) is 188 Å². The number of rotatable bonds is 6. The summed E-state index contributed by atoms with van der Waals surface area (Å²) in [4.78, 5) is 0. The Hall–Kier alpha value is -5.29. The Morgan fingerprint density at radius 1 is 0.267 bits per heavy atom. The molecule has 8 aromatic carbocycles. The van der Waals surface area contributed by atoms with Gasteiger partial charge in [0.05, 0.1) is 0 Å². The normalized spacial score (nSPS) is 11.3. The minimum absolute atomic E-state index is 0.834. The van der Waals surface area contributed by atoms with E-state index in [1.165, 1.54) is 70.8 Å². The van der Waals surface area contributed by atoms with Gasteiger partial charge in [-0.1, -0.05) is 188 Å². The summed E-state index contributed by atoms with van der Waals surface area (Å²) in [6, 6.07) is 68.8. The molecule has 0 N–H and O–H groups in total. The molecule has 0 bridgehead atoms. The molecule has 0 radical (unpaired) electrons. The van der Waals surface area contributed by atoms with Crippen molar-refractivity contribution in [3.63, 3.8) is 0 Å². The Kier molecular flexibility index (Phi) is 7.28. The van der Waals surface area contributed by atoms with Gasteiger partial charge >= 0.3 is 0 Å². The molecule has 212 valence electrons. The summed E-state index contributed by atoms with van der Waals surface area (Å²) in [5.41, 5.74) is 7.58. The lowest BCUT2D eigenvalue weighted by Gasteiger charge is -2.25. The van der Waals surface area contributed by atoms with E-state index in [-0.39, 0.29) is 0 Å². The van der Waals surface area contributed by atoms with E-state index >= 15 is 0 Å². The highest BCUT2D eigenvalue weighted by molar-refractivity contribution is 7.80. The molecule has 0 nitrogen and oxygen atoms in total. The van der Waals surface area contributed by atoms with Crippen LogP contribution in [0.4, 0.5) is 0 Å². The molecule has 0 amide bonds. The van der Waals surface area contributed by atoms with Crippen LogP contribution in [0.25, 0.3) is 54.9 Å². The molecule has 0 fully saturated rings. The van der Waals surface area contributed by atoms with Crippen molar-refractivity contribution in [2.24, 2.45) is 0 Å². The lowest BCUT2D eigenvalue weighted by Crippen LogP contribution is -2.22. The Bertz CT molecular complexity index is 2200. The molecule has 0 aromatic heterocycles. The summed E-state index contributed by atoms with van der Waals surface area (Å²) in [5.74, 6) is 0. The maximum absolute atomic E-state index is 2.41.